The molecule has 6 nitrogen and oxygen atoms in total. The van der Waals surface area contributed by atoms with Crippen molar-refractivity contribution in [2.75, 3.05) is 20.2 Å². The van der Waals surface area contributed by atoms with Crippen LogP contribution in [0.15, 0.2) is 35.1 Å². The maximum atomic E-state index is 12.1. The van der Waals surface area contributed by atoms with E-state index in [1.807, 2.05) is 38.2 Å². The van der Waals surface area contributed by atoms with Crippen LogP contribution in [-0.2, 0) is 6.54 Å². The number of halogens is 1. The smallest absolute Gasteiger partial charge is 0.275 e. The Morgan fingerprint density at radius 1 is 1.32 bits per heavy atom. The van der Waals surface area contributed by atoms with Crippen LogP contribution in [0.2, 0.25) is 5.02 Å². The molecule has 0 fully saturated rings. The third kappa shape index (κ3) is 4.78. The summed E-state index contributed by atoms with van der Waals surface area (Å²) >= 11 is 7.27. The molecule has 0 saturated carbocycles. The topological polar surface area (TPSA) is 59.7 Å². The molecule has 1 aromatic carbocycles. The van der Waals surface area contributed by atoms with E-state index >= 15 is 0 Å². The van der Waals surface area contributed by atoms with Crippen molar-refractivity contribution in [3.63, 3.8) is 0 Å². The summed E-state index contributed by atoms with van der Waals surface area (Å²) in [5, 5.41) is 5.68. The van der Waals surface area contributed by atoms with Gasteiger partial charge in [0.05, 0.1) is 12.3 Å². The lowest BCUT2D eigenvalue weighted by Gasteiger charge is -2.16. The third-order valence-electron chi connectivity index (χ3n) is 3.60. The SMILES string of the molecule is Cc1nn2c(=O)cc(CN(C)CCCOc3ccc(Cl)cc3)nc2s1. The Morgan fingerprint density at radius 3 is 2.84 bits per heavy atom. The summed E-state index contributed by atoms with van der Waals surface area (Å²) < 4.78 is 7.03. The van der Waals surface area contributed by atoms with E-state index in [2.05, 4.69) is 15.0 Å². The third-order valence-corrected chi connectivity index (χ3v) is 4.67. The Bertz CT molecular complexity index is 907. The van der Waals surface area contributed by atoms with Gasteiger partial charge in [-0.2, -0.15) is 9.61 Å². The van der Waals surface area contributed by atoms with Gasteiger partial charge in [-0.1, -0.05) is 22.9 Å². The lowest BCUT2D eigenvalue weighted by Crippen LogP contribution is -2.23. The number of aryl methyl sites for hydroxylation is 1. The van der Waals surface area contributed by atoms with Gasteiger partial charge in [-0.15, -0.1) is 0 Å². The molecule has 132 valence electrons. The van der Waals surface area contributed by atoms with Crippen LogP contribution in [0.4, 0.5) is 0 Å². The summed E-state index contributed by atoms with van der Waals surface area (Å²) in [5.74, 6) is 0.813. The minimum absolute atomic E-state index is 0.135. The van der Waals surface area contributed by atoms with E-state index in [9.17, 15) is 4.79 Å². The largest absolute Gasteiger partial charge is 0.494 e. The average Bonchev–Trinajstić information content (AvgIpc) is 2.94. The summed E-state index contributed by atoms with van der Waals surface area (Å²) in [5.41, 5.74) is 0.624. The molecular formula is C17H19ClN4O2S. The van der Waals surface area contributed by atoms with Gasteiger partial charge in [-0.25, -0.2) is 4.98 Å². The molecule has 0 N–H and O–H groups in total. The highest BCUT2D eigenvalue weighted by Gasteiger charge is 2.08. The zero-order valence-corrected chi connectivity index (χ0v) is 15.7. The second-order valence-corrected chi connectivity index (χ2v) is 7.39. The molecule has 0 spiro atoms. The molecule has 0 aliphatic heterocycles. The molecule has 3 rings (SSSR count). The van der Waals surface area contributed by atoms with Crippen molar-refractivity contribution in [3.8, 4) is 5.75 Å². The van der Waals surface area contributed by atoms with Gasteiger partial charge >= 0.3 is 0 Å². The fraction of sp³-hybridized carbons (Fsp3) is 0.353. The maximum Gasteiger partial charge on any atom is 0.275 e. The average molecular weight is 379 g/mol. The minimum atomic E-state index is -0.135. The summed E-state index contributed by atoms with van der Waals surface area (Å²) in [6.45, 7) is 3.94. The molecule has 0 radical (unpaired) electrons. The van der Waals surface area contributed by atoms with Crippen molar-refractivity contribution < 1.29 is 4.74 Å². The standard InChI is InChI=1S/C17H19ClN4O2S/c1-12-20-22-16(23)10-14(19-17(22)25-12)11-21(2)8-3-9-24-15-6-4-13(18)5-7-15/h4-7,10H,3,8-9,11H2,1-2H3. The van der Waals surface area contributed by atoms with Crippen molar-refractivity contribution in [3.05, 3.63) is 56.4 Å². The van der Waals surface area contributed by atoms with E-state index < -0.39 is 0 Å². The second kappa shape index (κ2) is 7.95. The summed E-state index contributed by atoms with van der Waals surface area (Å²) in [7, 11) is 2.00. The van der Waals surface area contributed by atoms with Crippen molar-refractivity contribution in [1.82, 2.24) is 19.5 Å². The van der Waals surface area contributed by atoms with Crippen LogP contribution in [-0.4, -0.2) is 39.7 Å². The van der Waals surface area contributed by atoms with Crippen LogP contribution < -0.4 is 10.3 Å². The van der Waals surface area contributed by atoms with Crippen LogP contribution in [0.5, 0.6) is 5.75 Å². The Balaban J connectivity index is 1.49. The van der Waals surface area contributed by atoms with Gasteiger partial charge in [0, 0.05) is 24.2 Å². The second-order valence-electron chi connectivity index (χ2n) is 5.79. The van der Waals surface area contributed by atoms with Crippen LogP contribution >= 0.6 is 22.9 Å². The van der Waals surface area contributed by atoms with Gasteiger partial charge in [-0.05, 0) is 44.7 Å². The first-order valence-corrected chi connectivity index (χ1v) is 9.14. The summed E-state index contributed by atoms with van der Waals surface area (Å²) in [4.78, 5) is 19.3. The van der Waals surface area contributed by atoms with Gasteiger partial charge in [-0.3, -0.25) is 4.79 Å². The molecular weight excluding hydrogens is 360 g/mol. The first-order valence-electron chi connectivity index (χ1n) is 7.94. The number of rotatable bonds is 7. The Labute approximate surface area is 154 Å². The highest BCUT2D eigenvalue weighted by Crippen LogP contribution is 2.15. The quantitative estimate of drug-likeness (QED) is 0.591. The molecule has 0 atom stereocenters. The predicted octanol–water partition coefficient (Wildman–Crippen LogP) is 3.01. The Kier molecular flexibility index (Phi) is 5.67. The van der Waals surface area contributed by atoms with E-state index in [4.69, 9.17) is 16.3 Å². The minimum Gasteiger partial charge on any atom is -0.494 e. The molecule has 0 aliphatic carbocycles. The Morgan fingerprint density at radius 2 is 2.08 bits per heavy atom. The number of hydrogen-bond donors (Lipinski definition) is 0. The number of aromatic nitrogens is 3. The molecule has 0 amide bonds. The lowest BCUT2D eigenvalue weighted by molar-refractivity contribution is 0.257. The van der Waals surface area contributed by atoms with E-state index in [1.165, 1.54) is 15.9 Å². The molecule has 2 heterocycles. The molecule has 0 bridgehead atoms. The molecule has 0 aliphatic rings. The van der Waals surface area contributed by atoms with Crippen molar-refractivity contribution in [2.45, 2.75) is 19.9 Å². The predicted molar refractivity (Wildman–Crippen MR) is 99.8 cm³/mol. The van der Waals surface area contributed by atoms with Gasteiger partial charge < -0.3 is 9.64 Å². The lowest BCUT2D eigenvalue weighted by atomic mass is 10.3. The summed E-state index contributed by atoms with van der Waals surface area (Å²) in [6.07, 6.45) is 0.875. The number of fused-ring (bicyclic) bond motifs is 1. The molecule has 3 aromatic rings. The highest BCUT2D eigenvalue weighted by molar-refractivity contribution is 7.16. The highest BCUT2D eigenvalue weighted by atomic mass is 35.5. The van der Waals surface area contributed by atoms with E-state index in [0.717, 1.165) is 29.4 Å². The van der Waals surface area contributed by atoms with Crippen molar-refractivity contribution in [1.29, 1.82) is 0 Å². The molecule has 2 aromatic heterocycles. The van der Waals surface area contributed by atoms with Crippen LogP contribution in [0.25, 0.3) is 4.96 Å². The van der Waals surface area contributed by atoms with E-state index in [-0.39, 0.29) is 5.56 Å². The van der Waals surface area contributed by atoms with Gasteiger partial charge in [0.15, 0.2) is 0 Å². The van der Waals surface area contributed by atoms with Crippen molar-refractivity contribution in [2.24, 2.45) is 0 Å². The Hall–Kier alpha value is -1.96. The van der Waals surface area contributed by atoms with Gasteiger partial charge in [0.25, 0.3) is 5.56 Å². The van der Waals surface area contributed by atoms with Gasteiger partial charge in [0.1, 0.15) is 10.8 Å². The van der Waals surface area contributed by atoms with E-state index in [0.29, 0.717) is 23.1 Å². The molecule has 0 unspecified atom stereocenters. The number of ether oxygens (including phenoxy) is 1. The number of hydrogen-bond acceptors (Lipinski definition) is 6. The summed E-state index contributed by atoms with van der Waals surface area (Å²) in [6, 6.07) is 8.88. The molecule has 25 heavy (non-hydrogen) atoms. The fourth-order valence-corrected chi connectivity index (χ4v) is 3.34. The zero-order valence-electron chi connectivity index (χ0n) is 14.1. The number of nitrogens with zero attached hydrogens (tertiary/aromatic N) is 4. The van der Waals surface area contributed by atoms with Gasteiger partial charge in [0.2, 0.25) is 4.96 Å². The van der Waals surface area contributed by atoms with Crippen LogP contribution in [0.3, 0.4) is 0 Å². The molecule has 0 saturated heterocycles. The van der Waals surface area contributed by atoms with Crippen LogP contribution in [0, 0.1) is 6.92 Å². The molecule has 8 heteroatoms. The normalized spacial score (nSPS) is 11.4. The van der Waals surface area contributed by atoms with Crippen LogP contribution in [0.1, 0.15) is 17.1 Å². The zero-order chi connectivity index (χ0) is 17.8. The first-order chi connectivity index (χ1) is 12.0. The fourth-order valence-electron chi connectivity index (χ4n) is 2.44. The van der Waals surface area contributed by atoms with E-state index in [1.54, 1.807) is 6.07 Å². The first kappa shape index (κ1) is 17.8. The monoisotopic (exact) mass is 378 g/mol. The maximum absolute atomic E-state index is 12.1. The number of benzene rings is 1. The van der Waals surface area contributed by atoms with Crippen molar-refractivity contribution >= 4 is 27.9 Å².